The van der Waals surface area contributed by atoms with Crippen LogP contribution in [0.15, 0.2) is 48.5 Å². The lowest BCUT2D eigenvalue weighted by molar-refractivity contribution is -0.122. The number of nitrogens with zero attached hydrogens (tertiary/aromatic N) is 2. The summed E-state index contributed by atoms with van der Waals surface area (Å²) in [5, 5.41) is 3.27. The van der Waals surface area contributed by atoms with Gasteiger partial charge in [0.05, 0.1) is 5.69 Å². The molecular weight excluding hydrogens is 450 g/mol. The van der Waals surface area contributed by atoms with Gasteiger partial charge in [-0.25, -0.2) is 0 Å². The summed E-state index contributed by atoms with van der Waals surface area (Å²) in [5.41, 5.74) is 13.1. The van der Waals surface area contributed by atoms with Gasteiger partial charge in [0.2, 0.25) is 5.91 Å². The van der Waals surface area contributed by atoms with Crippen LogP contribution in [0.5, 0.6) is 0 Å². The van der Waals surface area contributed by atoms with Gasteiger partial charge in [-0.2, -0.15) is 4.37 Å². The van der Waals surface area contributed by atoms with E-state index in [0.29, 0.717) is 17.3 Å². The number of amides is 3. The topological polar surface area (TPSA) is 131 Å². The second kappa shape index (κ2) is 9.80. The average Bonchev–Trinajstić information content (AvgIpc) is 3.16. The van der Waals surface area contributed by atoms with Crippen LogP contribution < -0.4 is 21.7 Å². The molecule has 0 aliphatic rings. The number of nitrogens with one attached hydrogen (secondary N) is 1. The molecule has 10 heteroatoms. The summed E-state index contributed by atoms with van der Waals surface area (Å²) in [7, 11) is 0. The van der Waals surface area contributed by atoms with Gasteiger partial charge in [-0.15, -0.1) is 0 Å². The number of anilines is 2. The fourth-order valence-corrected chi connectivity index (χ4v) is 3.95. The highest BCUT2D eigenvalue weighted by atomic mass is 35.5. The number of carbonyl (C=O) groups excluding carboxylic acids is 3. The third kappa shape index (κ3) is 4.90. The molecular formula is C22H22ClN5O3S. The van der Waals surface area contributed by atoms with Crippen LogP contribution in [0, 0.1) is 6.92 Å². The number of aryl methyl sites for hydroxylation is 1. The summed E-state index contributed by atoms with van der Waals surface area (Å²) in [4.78, 5) is 39.2. The van der Waals surface area contributed by atoms with Crippen LogP contribution in [-0.2, 0) is 11.3 Å². The number of benzene rings is 2. The molecule has 3 aromatic rings. The molecule has 0 fully saturated rings. The SMILES string of the molecule is Cc1ccc(N(C(=O)c2snc(C(N)=O)c2N)[C@H](C)C(=O)NCc2ccccc2)cc1Cl. The summed E-state index contributed by atoms with van der Waals surface area (Å²) < 4.78 is 3.89. The van der Waals surface area contributed by atoms with E-state index in [1.807, 2.05) is 37.3 Å². The number of hydrogen-bond acceptors (Lipinski definition) is 6. The third-order valence-corrected chi connectivity index (χ3v) is 6.14. The van der Waals surface area contributed by atoms with Gasteiger partial charge in [-0.05, 0) is 48.6 Å². The largest absolute Gasteiger partial charge is 0.395 e. The molecule has 0 radical (unpaired) electrons. The number of hydrogen-bond donors (Lipinski definition) is 3. The Labute approximate surface area is 194 Å². The smallest absolute Gasteiger partial charge is 0.272 e. The van der Waals surface area contributed by atoms with Crippen molar-refractivity contribution in [3.05, 3.63) is 75.3 Å². The number of rotatable bonds is 7. The molecule has 3 amide bonds. The maximum absolute atomic E-state index is 13.5. The number of carbonyl (C=O) groups is 3. The maximum atomic E-state index is 13.5. The van der Waals surface area contributed by atoms with Crippen molar-refractivity contribution < 1.29 is 14.4 Å². The first-order chi connectivity index (χ1) is 15.2. The highest BCUT2D eigenvalue weighted by Crippen LogP contribution is 2.30. The molecule has 0 saturated heterocycles. The molecule has 0 unspecified atom stereocenters. The molecule has 3 rings (SSSR count). The normalized spacial score (nSPS) is 11.6. The van der Waals surface area contributed by atoms with Crippen molar-refractivity contribution in [1.82, 2.24) is 9.69 Å². The van der Waals surface area contributed by atoms with E-state index in [1.165, 1.54) is 4.90 Å². The Balaban J connectivity index is 1.94. The van der Waals surface area contributed by atoms with E-state index in [0.717, 1.165) is 22.7 Å². The van der Waals surface area contributed by atoms with Crippen molar-refractivity contribution in [2.45, 2.75) is 26.4 Å². The van der Waals surface area contributed by atoms with Gasteiger partial charge in [0.1, 0.15) is 10.9 Å². The van der Waals surface area contributed by atoms with Crippen molar-refractivity contribution >= 4 is 52.2 Å². The minimum Gasteiger partial charge on any atom is -0.395 e. The van der Waals surface area contributed by atoms with Gasteiger partial charge >= 0.3 is 0 Å². The minimum absolute atomic E-state index is 0.0122. The van der Waals surface area contributed by atoms with Crippen molar-refractivity contribution in [3.63, 3.8) is 0 Å². The van der Waals surface area contributed by atoms with E-state index in [9.17, 15) is 14.4 Å². The Hall–Kier alpha value is -3.43. The van der Waals surface area contributed by atoms with E-state index in [2.05, 4.69) is 9.69 Å². The second-order valence-corrected chi connectivity index (χ2v) is 8.31. The molecule has 0 aliphatic heterocycles. The van der Waals surface area contributed by atoms with Crippen LogP contribution in [0.2, 0.25) is 5.02 Å². The Morgan fingerprint density at radius 2 is 1.88 bits per heavy atom. The van der Waals surface area contributed by atoms with Crippen LogP contribution >= 0.6 is 23.1 Å². The Morgan fingerprint density at radius 1 is 1.19 bits per heavy atom. The molecule has 1 aromatic heterocycles. The highest BCUT2D eigenvalue weighted by molar-refractivity contribution is 7.09. The molecule has 32 heavy (non-hydrogen) atoms. The first-order valence-electron chi connectivity index (χ1n) is 9.67. The number of nitrogen functional groups attached to an aromatic ring is 1. The molecule has 1 heterocycles. The fourth-order valence-electron chi connectivity index (χ4n) is 3.04. The van der Waals surface area contributed by atoms with E-state index >= 15 is 0 Å². The highest BCUT2D eigenvalue weighted by Gasteiger charge is 2.32. The van der Waals surface area contributed by atoms with Crippen molar-refractivity contribution in [2.75, 3.05) is 10.6 Å². The number of aromatic nitrogens is 1. The van der Waals surface area contributed by atoms with E-state index in [1.54, 1.807) is 25.1 Å². The predicted octanol–water partition coefficient (Wildman–Crippen LogP) is 3.14. The fraction of sp³-hybridized carbons (Fsp3) is 0.182. The zero-order chi connectivity index (χ0) is 23.4. The van der Waals surface area contributed by atoms with Crippen molar-refractivity contribution in [3.8, 4) is 0 Å². The number of halogens is 1. The maximum Gasteiger partial charge on any atom is 0.272 e. The lowest BCUT2D eigenvalue weighted by Gasteiger charge is -2.28. The van der Waals surface area contributed by atoms with Crippen LogP contribution in [0.1, 0.15) is 38.2 Å². The lowest BCUT2D eigenvalue weighted by Crippen LogP contribution is -2.48. The van der Waals surface area contributed by atoms with Crippen LogP contribution in [-0.4, -0.2) is 28.1 Å². The Morgan fingerprint density at radius 3 is 2.47 bits per heavy atom. The zero-order valence-electron chi connectivity index (χ0n) is 17.5. The summed E-state index contributed by atoms with van der Waals surface area (Å²) >= 11 is 7.03. The van der Waals surface area contributed by atoms with E-state index in [-0.39, 0.29) is 22.2 Å². The number of primary amides is 1. The molecule has 1 atom stereocenters. The third-order valence-electron chi connectivity index (χ3n) is 4.88. The summed E-state index contributed by atoms with van der Waals surface area (Å²) in [6.45, 7) is 3.72. The van der Waals surface area contributed by atoms with Gasteiger partial charge in [0, 0.05) is 17.3 Å². The molecule has 0 spiro atoms. The standard InChI is InChI=1S/C22H22ClN5O3S/c1-12-8-9-15(10-16(12)23)28(22(31)19-17(24)18(20(25)29)27-32-19)13(2)21(30)26-11-14-6-4-3-5-7-14/h3-10,13H,11,24H2,1-2H3,(H2,25,29)(H,26,30)/t13-/m1/s1. The summed E-state index contributed by atoms with van der Waals surface area (Å²) in [6, 6.07) is 13.5. The van der Waals surface area contributed by atoms with E-state index in [4.69, 9.17) is 23.1 Å². The first-order valence-corrected chi connectivity index (χ1v) is 10.8. The second-order valence-electron chi connectivity index (χ2n) is 7.13. The molecule has 0 bridgehead atoms. The van der Waals surface area contributed by atoms with E-state index < -0.39 is 17.9 Å². The zero-order valence-corrected chi connectivity index (χ0v) is 19.0. The Bertz CT molecular complexity index is 1170. The van der Waals surface area contributed by atoms with Crippen LogP contribution in [0.4, 0.5) is 11.4 Å². The minimum atomic E-state index is -0.913. The number of nitrogens with two attached hydrogens (primary N) is 2. The van der Waals surface area contributed by atoms with Crippen molar-refractivity contribution in [2.24, 2.45) is 5.73 Å². The molecule has 166 valence electrons. The van der Waals surface area contributed by atoms with Gasteiger partial charge in [-0.3, -0.25) is 19.3 Å². The quantitative estimate of drug-likeness (QED) is 0.487. The Kier molecular flexibility index (Phi) is 7.12. The summed E-state index contributed by atoms with van der Waals surface area (Å²) in [6.07, 6.45) is 0. The predicted molar refractivity (Wildman–Crippen MR) is 126 cm³/mol. The van der Waals surface area contributed by atoms with Gasteiger partial charge in [-0.1, -0.05) is 48.0 Å². The average molecular weight is 472 g/mol. The molecule has 2 aromatic carbocycles. The van der Waals surface area contributed by atoms with Gasteiger partial charge < -0.3 is 16.8 Å². The molecule has 0 saturated carbocycles. The first kappa shape index (κ1) is 23.2. The van der Waals surface area contributed by atoms with Crippen molar-refractivity contribution in [1.29, 1.82) is 0 Å². The molecule has 0 aliphatic carbocycles. The van der Waals surface area contributed by atoms with Gasteiger partial charge in [0.25, 0.3) is 11.8 Å². The monoisotopic (exact) mass is 471 g/mol. The molecule has 5 N–H and O–H groups in total. The molecule has 8 nitrogen and oxygen atoms in total. The van der Waals surface area contributed by atoms with Crippen LogP contribution in [0.3, 0.4) is 0 Å². The van der Waals surface area contributed by atoms with Crippen LogP contribution in [0.25, 0.3) is 0 Å². The van der Waals surface area contributed by atoms with Gasteiger partial charge in [0.15, 0.2) is 5.69 Å². The summed E-state index contributed by atoms with van der Waals surface area (Å²) in [5.74, 6) is -1.80. The lowest BCUT2D eigenvalue weighted by atomic mass is 10.1.